The third kappa shape index (κ3) is 1.77. The molecule has 1 N–H and O–H groups in total. The van der Waals surface area contributed by atoms with E-state index in [2.05, 4.69) is 5.18 Å². The van der Waals surface area contributed by atoms with E-state index >= 15 is 0 Å². The molecule has 58 valence electrons. The van der Waals surface area contributed by atoms with E-state index in [4.69, 9.17) is 5.11 Å². The maximum atomic E-state index is 9.90. The van der Waals surface area contributed by atoms with Crippen molar-refractivity contribution in [2.45, 2.75) is 13.5 Å². The van der Waals surface area contributed by atoms with Gasteiger partial charge in [0.05, 0.1) is 0 Å². The number of phenolic OH excluding ortho intramolecular Hbond substituents is 1. The Kier molecular flexibility index (Phi) is 2.21. The van der Waals surface area contributed by atoms with Gasteiger partial charge in [0.25, 0.3) is 0 Å². The van der Waals surface area contributed by atoms with Gasteiger partial charge in [-0.3, -0.25) is 0 Å². The van der Waals surface area contributed by atoms with Crippen LogP contribution in [0.5, 0.6) is 5.75 Å². The average Bonchev–Trinajstić information content (AvgIpc) is 1.95. The topological polar surface area (TPSA) is 49.7 Å². The number of rotatable bonds is 2. The molecule has 0 aliphatic heterocycles. The van der Waals surface area contributed by atoms with Gasteiger partial charge in [-0.1, -0.05) is 11.2 Å². The Morgan fingerprint density at radius 3 is 2.82 bits per heavy atom. The molecule has 0 heterocycles. The van der Waals surface area contributed by atoms with Crippen molar-refractivity contribution in [3.63, 3.8) is 0 Å². The van der Waals surface area contributed by atoms with E-state index in [1.54, 1.807) is 18.2 Å². The normalized spacial score (nSPS) is 9.55. The Balaban J connectivity index is 2.98. The monoisotopic (exact) mass is 151 g/mol. The Bertz CT molecular complexity index is 271. The van der Waals surface area contributed by atoms with Crippen LogP contribution in [0.1, 0.15) is 11.1 Å². The van der Waals surface area contributed by atoms with Crippen molar-refractivity contribution < 1.29 is 5.11 Å². The van der Waals surface area contributed by atoms with Crippen LogP contribution in [-0.2, 0) is 6.54 Å². The molecule has 0 aromatic heterocycles. The molecule has 0 aliphatic rings. The number of aryl methyl sites for hydroxylation is 1. The van der Waals surface area contributed by atoms with Crippen LogP contribution in [-0.4, -0.2) is 5.11 Å². The largest absolute Gasteiger partial charge is 0.508 e. The SMILES string of the molecule is Cc1cc(O)ccc1CN=O. The summed E-state index contributed by atoms with van der Waals surface area (Å²) in [5, 5.41) is 11.8. The van der Waals surface area contributed by atoms with Gasteiger partial charge in [0.15, 0.2) is 0 Å². The summed E-state index contributed by atoms with van der Waals surface area (Å²) < 4.78 is 0. The molecule has 1 aromatic rings. The minimum Gasteiger partial charge on any atom is -0.508 e. The lowest BCUT2D eigenvalue weighted by Gasteiger charge is -2.00. The molecule has 11 heavy (non-hydrogen) atoms. The molecule has 0 saturated carbocycles. The van der Waals surface area contributed by atoms with Crippen molar-refractivity contribution in [3.05, 3.63) is 34.2 Å². The fraction of sp³-hybridized carbons (Fsp3) is 0.250. The third-order valence-electron chi connectivity index (χ3n) is 1.56. The van der Waals surface area contributed by atoms with Crippen molar-refractivity contribution in [1.29, 1.82) is 0 Å². The quantitative estimate of drug-likeness (QED) is 0.657. The molecule has 0 aliphatic carbocycles. The van der Waals surface area contributed by atoms with Gasteiger partial charge in [-0.15, -0.1) is 0 Å². The minimum atomic E-state index is 0.173. The highest BCUT2D eigenvalue weighted by molar-refractivity contribution is 5.33. The summed E-state index contributed by atoms with van der Waals surface area (Å²) in [7, 11) is 0. The Morgan fingerprint density at radius 2 is 2.27 bits per heavy atom. The fourth-order valence-electron chi connectivity index (χ4n) is 0.927. The van der Waals surface area contributed by atoms with Crippen LogP contribution in [0.25, 0.3) is 0 Å². The predicted octanol–water partition coefficient (Wildman–Crippen LogP) is 1.97. The van der Waals surface area contributed by atoms with Gasteiger partial charge in [0.2, 0.25) is 0 Å². The minimum absolute atomic E-state index is 0.173. The average molecular weight is 151 g/mol. The van der Waals surface area contributed by atoms with E-state index in [0.29, 0.717) is 0 Å². The number of nitroso groups, excluding NO2 is 1. The summed E-state index contributed by atoms with van der Waals surface area (Å²) in [5.74, 6) is 0.220. The van der Waals surface area contributed by atoms with Gasteiger partial charge in [0.1, 0.15) is 12.3 Å². The van der Waals surface area contributed by atoms with Gasteiger partial charge in [-0.25, -0.2) is 0 Å². The second-order valence-corrected chi connectivity index (χ2v) is 2.40. The lowest BCUT2D eigenvalue weighted by molar-refractivity contribution is 0.474. The van der Waals surface area contributed by atoms with Gasteiger partial charge >= 0.3 is 0 Å². The van der Waals surface area contributed by atoms with Crippen molar-refractivity contribution in [1.82, 2.24) is 0 Å². The molecule has 0 bridgehead atoms. The Hall–Kier alpha value is -1.38. The number of phenols is 1. The van der Waals surface area contributed by atoms with E-state index in [0.717, 1.165) is 11.1 Å². The molecule has 3 heteroatoms. The Labute approximate surface area is 64.7 Å². The molecule has 0 unspecified atom stereocenters. The first-order valence-corrected chi connectivity index (χ1v) is 3.31. The molecule has 0 atom stereocenters. The third-order valence-corrected chi connectivity index (χ3v) is 1.56. The fourth-order valence-corrected chi connectivity index (χ4v) is 0.927. The number of aromatic hydroxyl groups is 1. The number of hydrogen-bond acceptors (Lipinski definition) is 3. The van der Waals surface area contributed by atoms with Crippen molar-refractivity contribution in [2.75, 3.05) is 0 Å². The van der Waals surface area contributed by atoms with Gasteiger partial charge < -0.3 is 5.11 Å². The number of hydrogen-bond donors (Lipinski definition) is 1. The highest BCUT2D eigenvalue weighted by Crippen LogP contribution is 2.15. The molecule has 0 saturated heterocycles. The van der Waals surface area contributed by atoms with E-state index in [9.17, 15) is 4.91 Å². The maximum Gasteiger partial charge on any atom is 0.115 e. The molecular formula is C8H9NO2. The second kappa shape index (κ2) is 3.14. The van der Waals surface area contributed by atoms with E-state index in [-0.39, 0.29) is 12.3 Å². The molecule has 1 rings (SSSR count). The van der Waals surface area contributed by atoms with Crippen LogP contribution in [0, 0.1) is 11.8 Å². The smallest absolute Gasteiger partial charge is 0.115 e. The maximum absolute atomic E-state index is 9.90. The van der Waals surface area contributed by atoms with Crippen molar-refractivity contribution in [2.24, 2.45) is 5.18 Å². The first kappa shape index (κ1) is 7.72. The highest BCUT2D eigenvalue weighted by atomic mass is 16.3. The van der Waals surface area contributed by atoms with E-state index in [1.165, 1.54) is 0 Å². The molecule has 3 nitrogen and oxygen atoms in total. The van der Waals surface area contributed by atoms with Gasteiger partial charge in [-0.05, 0) is 30.2 Å². The van der Waals surface area contributed by atoms with Crippen LogP contribution in [0.15, 0.2) is 23.4 Å². The highest BCUT2D eigenvalue weighted by Gasteiger charge is 1.97. The van der Waals surface area contributed by atoms with Crippen molar-refractivity contribution >= 4 is 0 Å². The molecule has 1 aromatic carbocycles. The van der Waals surface area contributed by atoms with Crippen LogP contribution in [0.2, 0.25) is 0 Å². The molecule has 0 spiro atoms. The molecular weight excluding hydrogens is 142 g/mol. The van der Waals surface area contributed by atoms with E-state index in [1.807, 2.05) is 6.92 Å². The molecule has 0 fully saturated rings. The molecule has 0 radical (unpaired) electrons. The lowest BCUT2D eigenvalue weighted by Crippen LogP contribution is -1.84. The number of nitrogens with zero attached hydrogens (tertiary/aromatic N) is 1. The van der Waals surface area contributed by atoms with Crippen LogP contribution in [0.4, 0.5) is 0 Å². The van der Waals surface area contributed by atoms with E-state index < -0.39 is 0 Å². The summed E-state index contributed by atoms with van der Waals surface area (Å²) in [4.78, 5) is 9.90. The summed E-state index contributed by atoms with van der Waals surface area (Å²) in [6, 6.07) is 4.86. The summed E-state index contributed by atoms with van der Waals surface area (Å²) in [6.07, 6.45) is 0. The van der Waals surface area contributed by atoms with Crippen LogP contribution >= 0.6 is 0 Å². The zero-order chi connectivity index (χ0) is 8.27. The molecule has 0 amide bonds. The van der Waals surface area contributed by atoms with Crippen LogP contribution < -0.4 is 0 Å². The Morgan fingerprint density at radius 1 is 1.55 bits per heavy atom. The summed E-state index contributed by atoms with van der Waals surface area (Å²) >= 11 is 0. The zero-order valence-electron chi connectivity index (χ0n) is 6.24. The van der Waals surface area contributed by atoms with Gasteiger partial charge in [-0.2, -0.15) is 4.91 Å². The predicted molar refractivity (Wildman–Crippen MR) is 42.3 cm³/mol. The number of benzene rings is 1. The first-order valence-electron chi connectivity index (χ1n) is 3.31. The van der Waals surface area contributed by atoms with Gasteiger partial charge in [0, 0.05) is 0 Å². The second-order valence-electron chi connectivity index (χ2n) is 2.40. The summed E-state index contributed by atoms with van der Waals surface area (Å²) in [5.41, 5.74) is 1.75. The van der Waals surface area contributed by atoms with Crippen LogP contribution in [0.3, 0.4) is 0 Å². The summed E-state index contributed by atoms with van der Waals surface area (Å²) in [6.45, 7) is 2.01. The van der Waals surface area contributed by atoms with Crippen molar-refractivity contribution in [3.8, 4) is 5.75 Å². The zero-order valence-corrected chi connectivity index (χ0v) is 6.24. The standard InChI is InChI=1S/C8H9NO2/c1-6-4-8(10)3-2-7(6)5-9-11/h2-4,10H,5H2,1H3. The first-order chi connectivity index (χ1) is 5.24. The lowest BCUT2D eigenvalue weighted by atomic mass is 10.1.